The zero-order valence-electron chi connectivity index (χ0n) is 17.4. The van der Waals surface area contributed by atoms with Crippen LogP contribution in [0.15, 0.2) is 77.7 Å². The zero-order chi connectivity index (χ0) is 20.8. The van der Waals surface area contributed by atoms with Gasteiger partial charge in [-0.1, -0.05) is 30.3 Å². The van der Waals surface area contributed by atoms with Crippen LogP contribution in [0.4, 0.5) is 11.4 Å². The Bertz CT molecular complexity index is 980. The Balaban J connectivity index is 1.36. The van der Waals surface area contributed by atoms with Gasteiger partial charge in [-0.25, -0.2) is 0 Å². The fourth-order valence-electron chi connectivity index (χ4n) is 3.81. The average molecular weight is 417 g/mol. The van der Waals surface area contributed by atoms with Crippen molar-refractivity contribution in [3.63, 3.8) is 0 Å². The second-order valence-corrected chi connectivity index (χ2v) is 8.85. The van der Waals surface area contributed by atoms with Gasteiger partial charge in [-0.2, -0.15) is 0 Å². The van der Waals surface area contributed by atoms with Crippen molar-refractivity contribution < 1.29 is 4.79 Å². The Hall–Kier alpha value is -2.72. The summed E-state index contributed by atoms with van der Waals surface area (Å²) in [4.78, 5) is 16.4. The van der Waals surface area contributed by atoms with Gasteiger partial charge < -0.3 is 10.2 Å². The van der Waals surface area contributed by atoms with Crippen molar-refractivity contribution in [3.05, 3.63) is 89.5 Å². The maximum Gasteiger partial charge on any atom is 0.255 e. The molecule has 1 saturated heterocycles. The van der Waals surface area contributed by atoms with Crippen LogP contribution in [0, 0.1) is 6.92 Å². The third-order valence-electron chi connectivity index (χ3n) is 5.54. The quantitative estimate of drug-likeness (QED) is 0.464. The number of carbonyl (C=O) groups is 1. The third kappa shape index (κ3) is 5.25. The molecule has 30 heavy (non-hydrogen) atoms. The first kappa shape index (κ1) is 20.5. The molecule has 0 bridgehead atoms. The van der Waals surface area contributed by atoms with E-state index < -0.39 is 0 Å². The molecule has 1 amide bonds. The Kier molecular flexibility index (Phi) is 6.75. The normalized spacial score (nSPS) is 13.8. The van der Waals surface area contributed by atoms with Crippen LogP contribution >= 0.6 is 11.8 Å². The predicted octanol–water partition coefficient (Wildman–Crippen LogP) is 6.53. The number of amides is 1. The second kappa shape index (κ2) is 9.86. The van der Waals surface area contributed by atoms with Crippen molar-refractivity contribution in [2.45, 2.75) is 36.8 Å². The number of anilines is 2. The van der Waals surface area contributed by atoms with Crippen LogP contribution in [0.3, 0.4) is 0 Å². The smallest absolute Gasteiger partial charge is 0.255 e. The molecule has 0 unspecified atom stereocenters. The Morgan fingerprint density at radius 1 is 0.933 bits per heavy atom. The molecule has 154 valence electrons. The summed E-state index contributed by atoms with van der Waals surface area (Å²) in [7, 11) is 0. The molecule has 0 aromatic heterocycles. The van der Waals surface area contributed by atoms with E-state index in [1.54, 1.807) is 0 Å². The molecule has 1 N–H and O–H groups in total. The highest BCUT2D eigenvalue weighted by Crippen LogP contribution is 2.26. The van der Waals surface area contributed by atoms with E-state index in [0.717, 1.165) is 30.1 Å². The van der Waals surface area contributed by atoms with Crippen molar-refractivity contribution in [3.8, 4) is 0 Å². The van der Waals surface area contributed by atoms with Crippen molar-refractivity contribution in [2.24, 2.45) is 0 Å². The molecule has 1 fully saturated rings. The highest BCUT2D eigenvalue weighted by atomic mass is 32.2. The highest BCUT2D eigenvalue weighted by Gasteiger charge is 2.13. The molecule has 0 saturated carbocycles. The number of hydrogen-bond donors (Lipinski definition) is 1. The minimum atomic E-state index is -0.0605. The minimum Gasteiger partial charge on any atom is -0.372 e. The first-order valence-electron chi connectivity index (χ1n) is 10.6. The number of thioether (sulfide) groups is 1. The number of piperidine rings is 1. The summed E-state index contributed by atoms with van der Waals surface area (Å²) in [6.45, 7) is 4.27. The summed E-state index contributed by atoms with van der Waals surface area (Å²) in [6.07, 6.45) is 3.82. The number of benzene rings is 3. The topological polar surface area (TPSA) is 32.3 Å². The van der Waals surface area contributed by atoms with Gasteiger partial charge in [0.1, 0.15) is 0 Å². The molecular weight excluding hydrogens is 388 g/mol. The fourth-order valence-corrected chi connectivity index (χ4v) is 4.67. The van der Waals surface area contributed by atoms with Gasteiger partial charge in [-0.15, -0.1) is 11.8 Å². The summed E-state index contributed by atoms with van der Waals surface area (Å²) >= 11 is 1.82. The van der Waals surface area contributed by atoms with Crippen LogP contribution < -0.4 is 10.2 Å². The molecule has 4 rings (SSSR count). The van der Waals surface area contributed by atoms with Gasteiger partial charge in [0.2, 0.25) is 0 Å². The summed E-state index contributed by atoms with van der Waals surface area (Å²) in [5.74, 6) is 0.853. The molecule has 1 aliphatic heterocycles. The van der Waals surface area contributed by atoms with Gasteiger partial charge in [-0.05, 0) is 79.8 Å². The van der Waals surface area contributed by atoms with Gasteiger partial charge in [0.05, 0.1) is 0 Å². The van der Waals surface area contributed by atoms with Crippen LogP contribution in [0.1, 0.15) is 40.7 Å². The summed E-state index contributed by atoms with van der Waals surface area (Å²) < 4.78 is 0. The molecule has 0 radical (unpaired) electrons. The van der Waals surface area contributed by atoms with E-state index in [1.165, 1.54) is 35.4 Å². The van der Waals surface area contributed by atoms with Crippen LogP contribution in [-0.2, 0) is 5.75 Å². The lowest BCUT2D eigenvalue weighted by Crippen LogP contribution is -2.29. The van der Waals surface area contributed by atoms with Gasteiger partial charge in [-0.3, -0.25) is 4.79 Å². The first-order chi connectivity index (χ1) is 14.7. The van der Waals surface area contributed by atoms with Gasteiger partial charge in [0.25, 0.3) is 5.91 Å². The maximum absolute atomic E-state index is 12.7. The molecule has 1 aliphatic rings. The molecule has 3 aromatic carbocycles. The molecular formula is C26H28N2OS. The fraction of sp³-hybridized carbons (Fsp3) is 0.269. The van der Waals surface area contributed by atoms with Crippen molar-refractivity contribution in [1.82, 2.24) is 0 Å². The Labute approximate surface area is 183 Å². The third-order valence-corrected chi connectivity index (χ3v) is 6.62. The predicted molar refractivity (Wildman–Crippen MR) is 128 cm³/mol. The van der Waals surface area contributed by atoms with E-state index in [4.69, 9.17) is 0 Å². The van der Waals surface area contributed by atoms with E-state index in [0.29, 0.717) is 5.56 Å². The number of rotatable bonds is 6. The number of carbonyl (C=O) groups excluding carboxylic acids is 1. The van der Waals surface area contributed by atoms with Gasteiger partial charge in [0, 0.05) is 40.7 Å². The summed E-state index contributed by atoms with van der Waals surface area (Å²) in [5.41, 5.74) is 5.11. The number of hydrogen-bond acceptors (Lipinski definition) is 3. The van der Waals surface area contributed by atoms with Crippen LogP contribution in [0.25, 0.3) is 0 Å². The van der Waals surface area contributed by atoms with Gasteiger partial charge >= 0.3 is 0 Å². The number of aryl methyl sites for hydroxylation is 1. The Morgan fingerprint density at radius 3 is 2.37 bits per heavy atom. The molecule has 3 nitrogen and oxygen atoms in total. The van der Waals surface area contributed by atoms with E-state index in [1.807, 2.05) is 43.0 Å². The average Bonchev–Trinajstić information content (AvgIpc) is 2.80. The van der Waals surface area contributed by atoms with Crippen LogP contribution in [0.5, 0.6) is 0 Å². The lowest BCUT2D eigenvalue weighted by atomic mass is 10.1. The van der Waals surface area contributed by atoms with E-state index in [2.05, 4.69) is 58.7 Å². The van der Waals surface area contributed by atoms with E-state index in [-0.39, 0.29) is 5.91 Å². The largest absolute Gasteiger partial charge is 0.372 e. The van der Waals surface area contributed by atoms with Crippen molar-refractivity contribution in [2.75, 3.05) is 23.3 Å². The van der Waals surface area contributed by atoms with Crippen molar-refractivity contribution >= 4 is 29.0 Å². The first-order valence-corrected chi connectivity index (χ1v) is 11.6. The molecule has 0 aliphatic carbocycles. The molecule has 0 spiro atoms. The maximum atomic E-state index is 12.7. The van der Waals surface area contributed by atoms with E-state index >= 15 is 0 Å². The molecule has 3 aromatic rings. The Morgan fingerprint density at radius 2 is 1.67 bits per heavy atom. The number of nitrogens with one attached hydrogen (secondary N) is 1. The lowest BCUT2D eigenvalue weighted by Gasteiger charge is -2.28. The monoisotopic (exact) mass is 416 g/mol. The molecule has 1 heterocycles. The van der Waals surface area contributed by atoms with Gasteiger partial charge in [0.15, 0.2) is 0 Å². The van der Waals surface area contributed by atoms with E-state index in [9.17, 15) is 4.79 Å². The van der Waals surface area contributed by atoms with Crippen LogP contribution in [-0.4, -0.2) is 19.0 Å². The summed E-state index contributed by atoms with van der Waals surface area (Å²) in [6, 6.07) is 24.7. The SMILES string of the molecule is Cc1cc(CSc2ccccc2)ccc1NC(=O)c1ccc(N2CCCCC2)cc1. The number of nitrogens with zero attached hydrogens (tertiary/aromatic N) is 1. The highest BCUT2D eigenvalue weighted by molar-refractivity contribution is 7.98. The summed E-state index contributed by atoms with van der Waals surface area (Å²) in [5, 5.41) is 3.07. The molecule has 4 heteroatoms. The standard InChI is InChI=1S/C26H28N2OS/c1-20-18-21(19-30-24-8-4-2-5-9-24)10-15-25(20)27-26(29)22-11-13-23(14-12-22)28-16-6-3-7-17-28/h2,4-5,8-15,18H,3,6-7,16-17,19H2,1H3,(H,27,29). The lowest BCUT2D eigenvalue weighted by molar-refractivity contribution is 0.102. The van der Waals surface area contributed by atoms with Crippen molar-refractivity contribution in [1.29, 1.82) is 0 Å². The minimum absolute atomic E-state index is 0.0605. The second-order valence-electron chi connectivity index (χ2n) is 7.80. The molecule has 0 atom stereocenters. The zero-order valence-corrected chi connectivity index (χ0v) is 18.3. The van der Waals surface area contributed by atoms with Crippen LogP contribution in [0.2, 0.25) is 0 Å².